The third kappa shape index (κ3) is 5.28. The normalized spacial score (nSPS) is 21.2. The molecular weight excluding hydrogens is 200 g/mol. The highest BCUT2D eigenvalue weighted by molar-refractivity contribution is 4.73. The maximum Gasteiger partial charge on any atom is 0.0600 e. The van der Waals surface area contributed by atoms with Crippen LogP contribution in [0.4, 0.5) is 0 Å². The largest absolute Gasteiger partial charge is 0.377 e. The van der Waals surface area contributed by atoms with E-state index in [-0.39, 0.29) is 0 Å². The Morgan fingerprint density at radius 2 is 2.06 bits per heavy atom. The second-order valence-corrected chi connectivity index (χ2v) is 5.05. The molecule has 0 aromatic carbocycles. The molecule has 0 saturated carbocycles. The summed E-state index contributed by atoms with van der Waals surface area (Å²) in [6.45, 7) is 9.65. The van der Waals surface area contributed by atoms with Gasteiger partial charge >= 0.3 is 0 Å². The zero-order valence-corrected chi connectivity index (χ0v) is 11.0. The molecule has 1 unspecified atom stereocenters. The molecule has 0 amide bonds. The van der Waals surface area contributed by atoms with Gasteiger partial charge in [-0.25, -0.2) is 0 Å². The summed E-state index contributed by atoms with van der Waals surface area (Å²) in [5.74, 6) is 0.839. The number of likely N-dealkylation sites (tertiary alicyclic amines) is 1. The number of ether oxygens (including phenoxy) is 1. The van der Waals surface area contributed by atoms with Gasteiger partial charge in [0.1, 0.15) is 0 Å². The summed E-state index contributed by atoms with van der Waals surface area (Å²) >= 11 is 0. The summed E-state index contributed by atoms with van der Waals surface area (Å²) in [6.07, 6.45) is 5.47. The summed E-state index contributed by atoms with van der Waals surface area (Å²) < 4.78 is 5.68. The zero-order valence-electron chi connectivity index (χ0n) is 11.0. The summed E-state index contributed by atoms with van der Waals surface area (Å²) in [4.78, 5) is 2.59. The number of piperidine rings is 1. The molecule has 16 heavy (non-hydrogen) atoms. The van der Waals surface area contributed by atoms with Crippen molar-refractivity contribution >= 4 is 0 Å². The van der Waals surface area contributed by atoms with E-state index in [0.717, 1.165) is 12.5 Å². The molecule has 2 N–H and O–H groups in total. The topological polar surface area (TPSA) is 38.5 Å². The van der Waals surface area contributed by atoms with Crippen LogP contribution in [0, 0.1) is 5.92 Å². The quantitative estimate of drug-likeness (QED) is 0.723. The number of rotatable bonds is 7. The van der Waals surface area contributed by atoms with E-state index in [1.165, 1.54) is 45.3 Å². The molecule has 3 heteroatoms. The lowest BCUT2D eigenvalue weighted by Gasteiger charge is -2.33. The third-order valence-electron chi connectivity index (χ3n) is 3.36. The molecular formula is C13H28N2O. The average Bonchev–Trinajstić information content (AvgIpc) is 2.28. The first-order chi connectivity index (χ1) is 7.76. The molecule has 0 aliphatic carbocycles. The van der Waals surface area contributed by atoms with Crippen molar-refractivity contribution in [3.63, 3.8) is 0 Å². The van der Waals surface area contributed by atoms with Gasteiger partial charge < -0.3 is 15.4 Å². The van der Waals surface area contributed by atoms with E-state index in [4.69, 9.17) is 10.5 Å². The minimum atomic E-state index is 0.460. The summed E-state index contributed by atoms with van der Waals surface area (Å²) in [7, 11) is 0. The molecule has 1 aliphatic heterocycles. The number of nitrogens with two attached hydrogens (primary N) is 1. The van der Waals surface area contributed by atoms with E-state index in [1.807, 2.05) is 0 Å². The SMILES string of the molecule is CCCC(C)CN1CCC(OCCN)CC1. The molecule has 1 heterocycles. The fourth-order valence-corrected chi connectivity index (χ4v) is 2.52. The van der Waals surface area contributed by atoms with Crippen LogP contribution in [0.3, 0.4) is 0 Å². The van der Waals surface area contributed by atoms with Crippen LogP contribution in [0.15, 0.2) is 0 Å². The monoisotopic (exact) mass is 228 g/mol. The van der Waals surface area contributed by atoms with Crippen molar-refractivity contribution in [3.8, 4) is 0 Å². The van der Waals surface area contributed by atoms with Crippen LogP contribution in [0.5, 0.6) is 0 Å². The Morgan fingerprint density at radius 1 is 1.38 bits per heavy atom. The molecule has 0 radical (unpaired) electrons. The molecule has 0 aromatic rings. The lowest BCUT2D eigenvalue weighted by Crippen LogP contribution is -2.39. The smallest absolute Gasteiger partial charge is 0.0600 e. The molecule has 1 rings (SSSR count). The van der Waals surface area contributed by atoms with E-state index < -0.39 is 0 Å². The molecule has 1 aliphatic rings. The molecule has 1 saturated heterocycles. The Bertz CT molecular complexity index is 167. The van der Waals surface area contributed by atoms with E-state index in [1.54, 1.807) is 0 Å². The average molecular weight is 228 g/mol. The van der Waals surface area contributed by atoms with Crippen molar-refractivity contribution in [1.29, 1.82) is 0 Å². The first-order valence-electron chi connectivity index (χ1n) is 6.80. The van der Waals surface area contributed by atoms with Gasteiger partial charge in [0.2, 0.25) is 0 Å². The van der Waals surface area contributed by atoms with Crippen molar-refractivity contribution in [3.05, 3.63) is 0 Å². The van der Waals surface area contributed by atoms with Crippen LogP contribution in [-0.4, -0.2) is 43.8 Å². The van der Waals surface area contributed by atoms with Gasteiger partial charge in [-0.1, -0.05) is 20.3 Å². The van der Waals surface area contributed by atoms with Crippen LogP contribution in [0.2, 0.25) is 0 Å². The molecule has 1 fully saturated rings. The Balaban J connectivity index is 2.11. The maximum atomic E-state index is 5.68. The van der Waals surface area contributed by atoms with Gasteiger partial charge in [-0.2, -0.15) is 0 Å². The Labute approximate surface area is 100 Å². The highest BCUT2D eigenvalue weighted by Gasteiger charge is 2.20. The van der Waals surface area contributed by atoms with E-state index in [9.17, 15) is 0 Å². The lowest BCUT2D eigenvalue weighted by atomic mass is 10.0. The predicted octanol–water partition coefficient (Wildman–Crippen LogP) is 1.86. The van der Waals surface area contributed by atoms with E-state index in [2.05, 4.69) is 18.7 Å². The number of nitrogens with zero attached hydrogens (tertiary/aromatic N) is 1. The van der Waals surface area contributed by atoms with E-state index >= 15 is 0 Å². The Hall–Kier alpha value is -0.120. The van der Waals surface area contributed by atoms with E-state index in [0.29, 0.717) is 12.6 Å². The molecule has 96 valence electrons. The second kappa shape index (κ2) is 8.04. The predicted molar refractivity (Wildman–Crippen MR) is 68.5 cm³/mol. The minimum Gasteiger partial charge on any atom is -0.377 e. The fraction of sp³-hybridized carbons (Fsp3) is 1.00. The van der Waals surface area contributed by atoms with Crippen molar-refractivity contribution in [1.82, 2.24) is 4.90 Å². The van der Waals surface area contributed by atoms with Crippen LogP contribution in [0.1, 0.15) is 39.5 Å². The van der Waals surface area contributed by atoms with Crippen molar-refractivity contribution in [2.24, 2.45) is 11.7 Å². The summed E-state index contributed by atoms with van der Waals surface area (Å²) in [5.41, 5.74) is 5.44. The van der Waals surface area contributed by atoms with Gasteiger partial charge in [0.15, 0.2) is 0 Å². The standard InChI is InChI=1S/C13H28N2O/c1-3-4-12(2)11-15-8-5-13(6-9-15)16-10-7-14/h12-13H,3-11,14H2,1-2H3. The van der Waals surface area contributed by atoms with Crippen molar-refractivity contribution in [2.45, 2.75) is 45.6 Å². The van der Waals surface area contributed by atoms with Gasteiger partial charge in [0.05, 0.1) is 12.7 Å². The molecule has 0 spiro atoms. The lowest BCUT2D eigenvalue weighted by molar-refractivity contribution is 0.00865. The maximum absolute atomic E-state index is 5.68. The van der Waals surface area contributed by atoms with Crippen LogP contribution >= 0.6 is 0 Å². The summed E-state index contributed by atoms with van der Waals surface area (Å²) in [5, 5.41) is 0. The fourth-order valence-electron chi connectivity index (χ4n) is 2.52. The highest BCUT2D eigenvalue weighted by Crippen LogP contribution is 2.16. The summed E-state index contributed by atoms with van der Waals surface area (Å²) in [6, 6.07) is 0. The van der Waals surface area contributed by atoms with Crippen molar-refractivity contribution < 1.29 is 4.74 Å². The molecule has 3 nitrogen and oxygen atoms in total. The highest BCUT2D eigenvalue weighted by atomic mass is 16.5. The van der Waals surface area contributed by atoms with Gasteiger partial charge in [-0.05, 0) is 25.2 Å². The van der Waals surface area contributed by atoms with Crippen molar-refractivity contribution in [2.75, 3.05) is 32.8 Å². The minimum absolute atomic E-state index is 0.460. The van der Waals surface area contributed by atoms with Crippen LogP contribution < -0.4 is 5.73 Å². The van der Waals surface area contributed by atoms with Gasteiger partial charge in [0.25, 0.3) is 0 Å². The first kappa shape index (κ1) is 13.9. The van der Waals surface area contributed by atoms with Gasteiger partial charge in [-0.3, -0.25) is 0 Å². The number of hydrogen-bond acceptors (Lipinski definition) is 3. The van der Waals surface area contributed by atoms with Gasteiger partial charge in [0, 0.05) is 26.2 Å². The molecule has 0 aromatic heterocycles. The van der Waals surface area contributed by atoms with Crippen LogP contribution in [0.25, 0.3) is 0 Å². The Morgan fingerprint density at radius 3 is 2.62 bits per heavy atom. The Kier molecular flexibility index (Phi) is 7.01. The molecule has 0 bridgehead atoms. The van der Waals surface area contributed by atoms with Crippen LogP contribution in [-0.2, 0) is 4.74 Å². The third-order valence-corrected chi connectivity index (χ3v) is 3.36. The number of hydrogen-bond donors (Lipinski definition) is 1. The zero-order chi connectivity index (χ0) is 11.8. The molecule has 1 atom stereocenters. The second-order valence-electron chi connectivity index (χ2n) is 5.05. The first-order valence-corrected chi connectivity index (χ1v) is 6.80. The van der Waals surface area contributed by atoms with Gasteiger partial charge in [-0.15, -0.1) is 0 Å².